The van der Waals surface area contributed by atoms with E-state index in [-0.39, 0.29) is 11.4 Å². The fraction of sp³-hybridized carbons (Fsp3) is 0.625. The van der Waals surface area contributed by atoms with Crippen LogP contribution in [0.5, 0.6) is 0 Å². The molecule has 2 N–H and O–H groups in total. The number of hydrogen-bond acceptors (Lipinski definition) is 11. The molecule has 2 aliphatic rings. The van der Waals surface area contributed by atoms with Gasteiger partial charge in [0.2, 0.25) is 0 Å². The molecule has 2 atom stereocenters. The first kappa shape index (κ1) is 40.7. The number of piperidine rings is 1. The maximum Gasteiger partial charge on any atom is 0.414 e. The number of carboxylic acids is 2. The molecule has 2 bridgehead atoms. The quantitative estimate of drug-likeness (QED) is 0.201. The van der Waals surface area contributed by atoms with Crippen LogP contribution in [0.15, 0.2) is 36.7 Å². The molecule has 2 fully saturated rings. The van der Waals surface area contributed by atoms with Crippen molar-refractivity contribution in [2.45, 2.75) is 117 Å². The van der Waals surface area contributed by atoms with Gasteiger partial charge in [0.25, 0.3) is 0 Å². The van der Waals surface area contributed by atoms with Gasteiger partial charge in [-0.1, -0.05) is 22.0 Å². The van der Waals surface area contributed by atoms with Gasteiger partial charge in [-0.05, 0) is 77.7 Å². The molecule has 18 heteroatoms. The van der Waals surface area contributed by atoms with Crippen LogP contribution >= 0.6 is 27.3 Å². The van der Waals surface area contributed by atoms with Crippen molar-refractivity contribution in [1.82, 2.24) is 33.1 Å². The van der Waals surface area contributed by atoms with Crippen LogP contribution in [0.1, 0.15) is 68.9 Å². The Morgan fingerprint density at radius 2 is 1.34 bits per heavy atom. The third kappa shape index (κ3) is 10.9. The van der Waals surface area contributed by atoms with Crippen molar-refractivity contribution >= 4 is 39.2 Å². The van der Waals surface area contributed by atoms with E-state index in [9.17, 15) is 19.2 Å². The molecule has 5 heterocycles. The summed E-state index contributed by atoms with van der Waals surface area (Å²) in [7, 11) is 0. The van der Waals surface area contributed by atoms with E-state index in [1.807, 2.05) is 13.8 Å². The van der Waals surface area contributed by atoms with Gasteiger partial charge in [0.15, 0.2) is 0 Å². The molecule has 2 aliphatic heterocycles. The molecule has 276 valence electrons. The first-order valence-corrected chi connectivity index (χ1v) is 18.6. The summed E-state index contributed by atoms with van der Waals surface area (Å²) < 4.78 is 11.7. The van der Waals surface area contributed by atoms with Gasteiger partial charge in [0.05, 0.1) is 12.7 Å². The largest absolute Gasteiger partial charge is 0.473 e. The Morgan fingerprint density at radius 3 is 1.76 bits per heavy atom. The Hall–Kier alpha value is -3.74. The zero-order valence-corrected chi connectivity index (χ0v) is 31.2. The van der Waals surface area contributed by atoms with Crippen LogP contribution in [-0.4, -0.2) is 85.4 Å². The summed E-state index contributed by atoms with van der Waals surface area (Å²) in [5, 5.41) is 17.6. The lowest BCUT2D eigenvalue weighted by atomic mass is 9.99. The molecule has 5 rings (SSSR count). The normalized spacial score (nSPS) is 18.1. The highest BCUT2D eigenvalue weighted by atomic mass is 79.9. The number of thiophene rings is 1. The van der Waals surface area contributed by atoms with Gasteiger partial charge in [0, 0.05) is 55.0 Å². The number of aliphatic carboxylic acids is 2. The van der Waals surface area contributed by atoms with Gasteiger partial charge >= 0.3 is 34.7 Å². The van der Waals surface area contributed by atoms with Gasteiger partial charge in [-0.25, -0.2) is 37.9 Å². The highest BCUT2D eigenvalue weighted by Crippen LogP contribution is 2.37. The minimum atomic E-state index is -1.82. The van der Waals surface area contributed by atoms with Crippen molar-refractivity contribution in [3.8, 4) is 0 Å². The van der Waals surface area contributed by atoms with E-state index >= 15 is 0 Å². The van der Waals surface area contributed by atoms with Crippen LogP contribution in [0.25, 0.3) is 0 Å². The second-order valence-electron chi connectivity index (χ2n) is 11.9. The van der Waals surface area contributed by atoms with E-state index in [1.165, 1.54) is 31.4 Å². The highest BCUT2D eigenvalue weighted by Gasteiger charge is 2.40. The summed E-state index contributed by atoms with van der Waals surface area (Å²) in [6, 6.07) is 5.31. The molecule has 0 spiro atoms. The minimum Gasteiger partial charge on any atom is -0.473 e. The van der Waals surface area contributed by atoms with Gasteiger partial charge in [0.1, 0.15) is 11.6 Å². The number of nitrogens with zero attached hydrogens (tertiary/aromatic N) is 7. The number of rotatable bonds is 12. The third-order valence-corrected chi connectivity index (χ3v) is 10.1. The Morgan fingerprint density at radius 1 is 0.840 bits per heavy atom. The molecule has 0 saturated carbocycles. The van der Waals surface area contributed by atoms with E-state index in [2.05, 4.69) is 48.3 Å². The average Bonchev–Trinajstić information content (AvgIpc) is 3.67. The average molecular weight is 785 g/mol. The molecule has 3 aromatic heterocycles. The standard InChI is InChI=1S/C21H30N4O3S.C9H14BrN3O2.C2H2O4/c1-3-23-15(2)22-20(26)25(21(23)27)10-5-9-24-16-7-8-17(24)13-18(12-16)28-14-19-6-4-11-29-19;1-3-12-7(2)11-8(14)13(9(12)15)6-4-5-10;3-1(4)2(5)6/h4,6,11,16-18H,3,5,7-10,12-14H2,1-2H3;3-6H2,1-2H3;(H,3,4)(H,5,6). The van der Waals surface area contributed by atoms with Crippen LogP contribution in [-0.2, 0) is 47.1 Å². The van der Waals surface area contributed by atoms with Gasteiger partial charge in [-0.2, -0.15) is 9.97 Å². The Bertz CT molecular complexity index is 1790. The van der Waals surface area contributed by atoms with Crippen LogP contribution in [0.2, 0.25) is 0 Å². The van der Waals surface area contributed by atoms with Crippen molar-refractivity contribution in [3.05, 3.63) is 76.0 Å². The summed E-state index contributed by atoms with van der Waals surface area (Å²) in [6.45, 7) is 10.7. The Balaban J connectivity index is 0.000000269. The molecule has 50 heavy (non-hydrogen) atoms. The molecule has 16 nitrogen and oxygen atoms in total. The maximum absolute atomic E-state index is 12.5. The molecule has 0 aromatic carbocycles. The van der Waals surface area contributed by atoms with Gasteiger partial charge in [-0.3, -0.25) is 14.0 Å². The predicted molar refractivity (Wildman–Crippen MR) is 190 cm³/mol. The number of fused-ring (bicyclic) bond motifs is 2. The molecule has 2 saturated heterocycles. The first-order valence-electron chi connectivity index (χ1n) is 16.6. The molecular weight excluding hydrogens is 738 g/mol. The predicted octanol–water partition coefficient (Wildman–Crippen LogP) is 2.07. The number of alkyl halides is 1. The van der Waals surface area contributed by atoms with Gasteiger partial charge in [-0.15, -0.1) is 11.3 Å². The van der Waals surface area contributed by atoms with E-state index in [1.54, 1.807) is 29.8 Å². The zero-order valence-electron chi connectivity index (χ0n) is 28.8. The summed E-state index contributed by atoms with van der Waals surface area (Å²) in [6.07, 6.45) is 6.47. The smallest absolute Gasteiger partial charge is 0.414 e. The Labute approximate surface area is 301 Å². The first-order chi connectivity index (χ1) is 23.8. The zero-order chi connectivity index (χ0) is 37.0. The molecule has 2 unspecified atom stereocenters. The summed E-state index contributed by atoms with van der Waals surface area (Å²) in [5.74, 6) is -2.69. The number of ether oxygens (including phenoxy) is 1. The number of carboxylic acid groups (broad SMARTS) is 2. The number of carbonyl (C=O) groups is 2. The second-order valence-corrected chi connectivity index (χ2v) is 13.7. The lowest BCUT2D eigenvalue weighted by Crippen LogP contribution is -2.47. The van der Waals surface area contributed by atoms with E-state index < -0.39 is 23.3 Å². The number of halogens is 1. The van der Waals surface area contributed by atoms with Crippen LogP contribution in [0, 0.1) is 13.8 Å². The third-order valence-electron chi connectivity index (χ3n) is 8.69. The van der Waals surface area contributed by atoms with Crippen molar-refractivity contribution in [2.24, 2.45) is 0 Å². The molecule has 3 aromatic rings. The second kappa shape index (κ2) is 19.6. The van der Waals surface area contributed by atoms with Crippen LogP contribution < -0.4 is 22.8 Å². The van der Waals surface area contributed by atoms with Crippen molar-refractivity contribution in [1.29, 1.82) is 0 Å². The van der Waals surface area contributed by atoms with Gasteiger partial charge < -0.3 is 14.9 Å². The SMILES string of the molecule is CCn1c(C)nc(=O)n(CCCBr)c1=O.CCn1c(C)nc(=O)n(CCCN2C3CCC2CC(OCc2cccs2)C3)c1=O.O=C(O)C(=O)O. The molecule has 0 aliphatic carbocycles. The lowest BCUT2D eigenvalue weighted by Gasteiger charge is -2.38. The summed E-state index contributed by atoms with van der Waals surface area (Å²) in [4.78, 5) is 77.9. The number of aryl methyl sites for hydroxylation is 2. The molecule has 0 amide bonds. The number of hydrogen-bond donors (Lipinski definition) is 2. The van der Waals surface area contributed by atoms with Crippen LogP contribution in [0.3, 0.4) is 0 Å². The minimum absolute atomic E-state index is 0.242. The highest BCUT2D eigenvalue weighted by molar-refractivity contribution is 9.09. The summed E-state index contributed by atoms with van der Waals surface area (Å²) >= 11 is 5.01. The summed E-state index contributed by atoms with van der Waals surface area (Å²) in [5.41, 5.74) is -1.39. The fourth-order valence-corrected chi connectivity index (χ4v) is 7.19. The number of aromatic nitrogens is 6. The van der Waals surface area contributed by atoms with E-state index in [4.69, 9.17) is 24.5 Å². The van der Waals surface area contributed by atoms with Crippen molar-refractivity contribution in [3.63, 3.8) is 0 Å². The Kier molecular flexibility index (Phi) is 15.9. The van der Waals surface area contributed by atoms with E-state index in [0.717, 1.165) is 44.2 Å². The van der Waals surface area contributed by atoms with E-state index in [0.29, 0.717) is 56.0 Å². The van der Waals surface area contributed by atoms with Crippen molar-refractivity contribution in [2.75, 3.05) is 11.9 Å². The fourth-order valence-electron chi connectivity index (χ4n) is 6.31. The lowest BCUT2D eigenvalue weighted by molar-refractivity contribution is -0.159. The van der Waals surface area contributed by atoms with Crippen molar-refractivity contribution < 1.29 is 24.5 Å². The molecule has 0 radical (unpaired) electrons. The molecular formula is C32H46BrN7O9S. The maximum atomic E-state index is 12.5. The topological polar surface area (TPSA) is 201 Å². The monoisotopic (exact) mass is 783 g/mol. The van der Waals surface area contributed by atoms with Crippen LogP contribution in [0.4, 0.5) is 0 Å².